The van der Waals surface area contributed by atoms with Crippen molar-refractivity contribution in [1.82, 2.24) is 14.9 Å². The minimum Gasteiger partial charge on any atom is -0.345 e. The van der Waals surface area contributed by atoms with Crippen molar-refractivity contribution in [3.63, 3.8) is 0 Å². The van der Waals surface area contributed by atoms with Gasteiger partial charge in [0.25, 0.3) is 0 Å². The predicted octanol–water partition coefficient (Wildman–Crippen LogP) is 1.70. The molecule has 13 heavy (non-hydrogen) atoms. The Bertz CT molecular complexity index is 301. The van der Waals surface area contributed by atoms with E-state index >= 15 is 0 Å². The van der Waals surface area contributed by atoms with E-state index in [1.165, 1.54) is 18.7 Å². The molecule has 3 heteroatoms. The number of nitrogens with zero attached hydrogens (tertiary/aromatic N) is 2. The highest BCUT2D eigenvalue weighted by atomic mass is 15.3. The van der Waals surface area contributed by atoms with Crippen molar-refractivity contribution in [3.05, 3.63) is 17.7 Å². The summed E-state index contributed by atoms with van der Waals surface area (Å²) in [6.07, 6.45) is 3.24. The van der Waals surface area contributed by atoms with Gasteiger partial charge in [-0.25, -0.2) is 4.98 Å². The quantitative estimate of drug-likeness (QED) is 0.749. The molecule has 1 aromatic heterocycles. The van der Waals surface area contributed by atoms with Crippen molar-refractivity contribution >= 4 is 0 Å². The summed E-state index contributed by atoms with van der Waals surface area (Å²) in [5, 5.41) is 0. The van der Waals surface area contributed by atoms with Crippen LogP contribution in [0.1, 0.15) is 31.8 Å². The minimum absolute atomic E-state index is 0.388. The fraction of sp³-hybridized carbons (Fsp3) is 0.700. The molecule has 0 radical (unpaired) electrons. The SMILES string of the molecule is Cc1ncc(CN2CCC2(C)C)[nH]1. The number of hydrogen-bond donors (Lipinski definition) is 1. The first kappa shape index (κ1) is 8.75. The fourth-order valence-electron chi connectivity index (χ4n) is 1.77. The molecule has 1 aliphatic rings. The summed E-state index contributed by atoms with van der Waals surface area (Å²) < 4.78 is 0. The number of nitrogens with one attached hydrogen (secondary N) is 1. The average Bonchev–Trinajstić information content (AvgIpc) is 2.46. The van der Waals surface area contributed by atoms with E-state index in [1.54, 1.807) is 0 Å². The molecule has 2 heterocycles. The van der Waals surface area contributed by atoms with Crippen molar-refractivity contribution < 1.29 is 0 Å². The summed E-state index contributed by atoms with van der Waals surface area (Å²) >= 11 is 0. The number of aryl methyl sites for hydroxylation is 1. The topological polar surface area (TPSA) is 31.9 Å². The number of rotatable bonds is 2. The Hall–Kier alpha value is -0.830. The standard InChI is InChI=1S/C10H17N3/c1-8-11-6-9(12-8)7-13-5-4-10(13,2)3/h6H,4-5,7H2,1-3H3,(H,11,12). The molecule has 1 aliphatic heterocycles. The molecule has 0 atom stereocenters. The molecule has 1 fully saturated rings. The lowest BCUT2D eigenvalue weighted by Crippen LogP contribution is -2.54. The zero-order chi connectivity index (χ0) is 9.47. The lowest BCUT2D eigenvalue weighted by atomic mass is 9.89. The highest BCUT2D eigenvalue weighted by Gasteiger charge is 2.35. The van der Waals surface area contributed by atoms with Crippen LogP contribution in [0.15, 0.2) is 6.20 Å². The van der Waals surface area contributed by atoms with Gasteiger partial charge in [-0.1, -0.05) is 0 Å². The second-order valence-corrected chi connectivity index (χ2v) is 4.48. The smallest absolute Gasteiger partial charge is 0.103 e. The second kappa shape index (κ2) is 2.84. The van der Waals surface area contributed by atoms with Crippen LogP contribution in [0.2, 0.25) is 0 Å². The van der Waals surface area contributed by atoms with Crippen molar-refractivity contribution in [2.45, 2.75) is 39.3 Å². The van der Waals surface area contributed by atoms with E-state index in [9.17, 15) is 0 Å². The van der Waals surface area contributed by atoms with Crippen LogP contribution in [0.25, 0.3) is 0 Å². The van der Waals surface area contributed by atoms with E-state index in [0.717, 1.165) is 12.4 Å². The molecule has 0 aromatic carbocycles. The summed E-state index contributed by atoms with van der Waals surface area (Å²) in [7, 11) is 0. The van der Waals surface area contributed by atoms with Gasteiger partial charge in [0.1, 0.15) is 5.82 Å². The third-order valence-electron chi connectivity index (χ3n) is 2.97. The maximum absolute atomic E-state index is 4.19. The Labute approximate surface area is 79.2 Å². The molecule has 1 aromatic rings. The molecule has 0 saturated carbocycles. The first-order chi connectivity index (χ1) is 6.08. The molecule has 0 unspecified atom stereocenters. The Morgan fingerprint density at radius 2 is 2.38 bits per heavy atom. The molecule has 0 amide bonds. The normalized spacial score (nSPS) is 21.5. The van der Waals surface area contributed by atoms with Crippen LogP contribution in [-0.4, -0.2) is 27.0 Å². The number of aromatic amines is 1. The van der Waals surface area contributed by atoms with Gasteiger partial charge in [-0.2, -0.15) is 0 Å². The summed E-state index contributed by atoms with van der Waals surface area (Å²) in [6, 6.07) is 0. The minimum atomic E-state index is 0.388. The number of likely N-dealkylation sites (tertiary alicyclic amines) is 1. The first-order valence-corrected chi connectivity index (χ1v) is 4.83. The number of H-pyrrole nitrogens is 1. The average molecular weight is 179 g/mol. The van der Waals surface area contributed by atoms with Gasteiger partial charge in [0.2, 0.25) is 0 Å². The van der Waals surface area contributed by atoms with Crippen LogP contribution < -0.4 is 0 Å². The molecule has 0 aliphatic carbocycles. The predicted molar refractivity (Wildman–Crippen MR) is 52.4 cm³/mol. The monoisotopic (exact) mass is 179 g/mol. The lowest BCUT2D eigenvalue weighted by molar-refractivity contribution is 0.00693. The van der Waals surface area contributed by atoms with Crippen molar-refractivity contribution in [3.8, 4) is 0 Å². The highest BCUT2D eigenvalue weighted by molar-refractivity contribution is 5.03. The van der Waals surface area contributed by atoms with Gasteiger partial charge in [-0.3, -0.25) is 4.90 Å². The zero-order valence-corrected chi connectivity index (χ0v) is 8.59. The molecule has 3 nitrogen and oxygen atoms in total. The third-order valence-corrected chi connectivity index (χ3v) is 2.97. The van der Waals surface area contributed by atoms with E-state index in [4.69, 9.17) is 0 Å². The van der Waals surface area contributed by atoms with Crippen LogP contribution in [0.4, 0.5) is 0 Å². The number of aromatic nitrogens is 2. The summed E-state index contributed by atoms with van der Waals surface area (Å²) in [6.45, 7) is 8.79. The van der Waals surface area contributed by atoms with E-state index in [1.807, 2.05) is 13.1 Å². The summed E-state index contributed by atoms with van der Waals surface area (Å²) in [4.78, 5) is 9.93. The molecule has 0 bridgehead atoms. The zero-order valence-electron chi connectivity index (χ0n) is 8.59. The van der Waals surface area contributed by atoms with Crippen molar-refractivity contribution in [2.24, 2.45) is 0 Å². The fourth-order valence-corrected chi connectivity index (χ4v) is 1.77. The maximum Gasteiger partial charge on any atom is 0.103 e. The molecular weight excluding hydrogens is 162 g/mol. The van der Waals surface area contributed by atoms with Crippen LogP contribution >= 0.6 is 0 Å². The van der Waals surface area contributed by atoms with Gasteiger partial charge in [-0.15, -0.1) is 0 Å². The maximum atomic E-state index is 4.19. The molecular formula is C10H17N3. The first-order valence-electron chi connectivity index (χ1n) is 4.83. The Kier molecular flexibility index (Phi) is 1.91. The Morgan fingerprint density at radius 1 is 1.62 bits per heavy atom. The van der Waals surface area contributed by atoms with Crippen molar-refractivity contribution in [1.29, 1.82) is 0 Å². The highest BCUT2D eigenvalue weighted by Crippen LogP contribution is 2.30. The molecule has 1 N–H and O–H groups in total. The number of hydrogen-bond acceptors (Lipinski definition) is 2. The van der Waals surface area contributed by atoms with Crippen LogP contribution in [0, 0.1) is 6.92 Å². The molecule has 0 spiro atoms. The van der Waals surface area contributed by atoms with E-state index in [0.29, 0.717) is 5.54 Å². The van der Waals surface area contributed by atoms with Gasteiger partial charge in [0.15, 0.2) is 0 Å². The summed E-state index contributed by atoms with van der Waals surface area (Å²) in [5.74, 6) is 1.01. The van der Waals surface area contributed by atoms with Gasteiger partial charge < -0.3 is 4.98 Å². The van der Waals surface area contributed by atoms with E-state index in [2.05, 4.69) is 28.7 Å². The molecule has 1 saturated heterocycles. The van der Waals surface area contributed by atoms with E-state index < -0.39 is 0 Å². The lowest BCUT2D eigenvalue weighted by Gasteiger charge is -2.48. The molecule has 2 rings (SSSR count). The van der Waals surface area contributed by atoms with E-state index in [-0.39, 0.29) is 0 Å². The summed E-state index contributed by atoms with van der Waals surface area (Å²) in [5.41, 5.74) is 1.62. The van der Waals surface area contributed by atoms with Crippen LogP contribution in [0.3, 0.4) is 0 Å². The van der Waals surface area contributed by atoms with Crippen molar-refractivity contribution in [2.75, 3.05) is 6.54 Å². The third kappa shape index (κ3) is 1.61. The molecule has 72 valence electrons. The largest absolute Gasteiger partial charge is 0.345 e. The van der Waals surface area contributed by atoms with Crippen LogP contribution in [0.5, 0.6) is 0 Å². The number of imidazole rings is 1. The second-order valence-electron chi connectivity index (χ2n) is 4.48. The van der Waals surface area contributed by atoms with Gasteiger partial charge in [0, 0.05) is 30.5 Å². The Morgan fingerprint density at radius 3 is 2.77 bits per heavy atom. The van der Waals surface area contributed by atoms with Gasteiger partial charge >= 0.3 is 0 Å². The van der Waals surface area contributed by atoms with Crippen LogP contribution in [-0.2, 0) is 6.54 Å². The van der Waals surface area contributed by atoms with Gasteiger partial charge in [-0.05, 0) is 27.2 Å². The van der Waals surface area contributed by atoms with Gasteiger partial charge in [0.05, 0.1) is 0 Å². The Balaban J connectivity index is 1.99.